The summed E-state index contributed by atoms with van der Waals surface area (Å²) < 4.78 is 2.05. The number of hydrogen-bond donors (Lipinski definition) is 1. The van der Waals surface area contributed by atoms with Gasteiger partial charge in [-0.2, -0.15) is 5.10 Å². The molecule has 0 spiro atoms. The molecule has 1 aromatic heterocycles. The highest BCUT2D eigenvalue weighted by Crippen LogP contribution is 2.27. The second kappa shape index (κ2) is 6.67. The number of nitrogens with one attached hydrogen (secondary N) is 1. The molecule has 0 aromatic carbocycles. The lowest BCUT2D eigenvalue weighted by Crippen LogP contribution is -2.45. The highest BCUT2D eigenvalue weighted by atomic mass is 35.5. The first-order chi connectivity index (χ1) is 10.2. The Hall–Kier alpha value is -0.580. The summed E-state index contributed by atoms with van der Waals surface area (Å²) in [7, 11) is 0. The number of halogens is 1. The van der Waals surface area contributed by atoms with Crippen LogP contribution in [0.5, 0.6) is 0 Å². The van der Waals surface area contributed by atoms with E-state index in [1.807, 2.05) is 0 Å². The van der Waals surface area contributed by atoms with Crippen LogP contribution in [0.4, 0.5) is 0 Å². The summed E-state index contributed by atoms with van der Waals surface area (Å²) in [5, 5.41) is 9.20. The van der Waals surface area contributed by atoms with E-state index in [1.165, 1.54) is 38.8 Å². The van der Waals surface area contributed by atoms with Crippen molar-refractivity contribution in [3.8, 4) is 0 Å². The van der Waals surface area contributed by atoms with Crippen molar-refractivity contribution in [3.05, 3.63) is 16.4 Å². The van der Waals surface area contributed by atoms with E-state index in [0.717, 1.165) is 42.0 Å². The molecule has 2 fully saturated rings. The minimum absolute atomic E-state index is 0.630. The molecule has 5 heteroatoms. The second-order valence-electron chi connectivity index (χ2n) is 6.31. The molecule has 0 aliphatic carbocycles. The van der Waals surface area contributed by atoms with Gasteiger partial charge >= 0.3 is 0 Å². The van der Waals surface area contributed by atoms with Crippen LogP contribution in [-0.4, -0.2) is 39.9 Å². The van der Waals surface area contributed by atoms with Crippen LogP contribution >= 0.6 is 11.6 Å². The minimum atomic E-state index is 0.630. The van der Waals surface area contributed by atoms with Crippen LogP contribution in [0.3, 0.4) is 0 Å². The summed E-state index contributed by atoms with van der Waals surface area (Å²) in [5.41, 5.74) is 2.19. The molecule has 3 rings (SSSR count). The third kappa shape index (κ3) is 3.13. The van der Waals surface area contributed by atoms with Crippen LogP contribution in [0.1, 0.15) is 50.9 Å². The third-order valence-electron chi connectivity index (χ3n) is 5.07. The zero-order valence-electron chi connectivity index (χ0n) is 13.2. The Labute approximate surface area is 132 Å². The van der Waals surface area contributed by atoms with Crippen molar-refractivity contribution < 1.29 is 0 Å². The van der Waals surface area contributed by atoms with Crippen LogP contribution in [0.2, 0.25) is 5.02 Å². The van der Waals surface area contributed by atoms with Crippen LogP contribution in [0, 0.1) is 0 Å². The maximum absolute atomic E-state index is 6.48. The van der Waals surface area contributed by atoms with E-state index in [1.54, 1.807) is 0 Å². The quantitative estimate of drug-likeness (QED) is 0.908. The second-order valence-corrected chi connectivity index (χ2v) is 6.69. The molecule has 2 aliphatic rings. The van der Waals surface area contributed by atoms with Gasteiger partial charge in [0.25, 0.3) is 0 Å². The fourth-order valence-corrected chi connectivity index (χ4v) is 4.17. The van der Waals surface area contributed by atoms with E-state index >= 15 is 0 Å². The highest BCUT2D eigenvalue weighted by molar-refractivity contribution is 6.31. The van der Waals surface area contributed by atoms with E-state index in [9.17, 15) is 0 Å². The number of aryl methyl sites for hydroxylation is 2. The van der Waals surface area contributed by atoms with Gasteiger partial charge in [0.2, 0.25) is 0 Å². The van der Waals surface area contributed by atoms with Crippen molar-refractivity contribution in [2.75, 3.05) is 13.1 Å². The summed E-state index contributed by atoms with van der Waals surface area (Å²) in [4.78, 5) is 2.66. The number of aromatic nitrogens is 2. The predicted octanol–water partition coefficient (Wildman–Crippen LogP) is 2.84. The molecule has 4 nitrogen and oxygen atoms in total. The van der Waals surface area contributed by atoms with Crippen molar-refractivity contribution in [1.29, 1.82) is 0 Å². The van der Waals surface area contributed by atoms with E-state index in [4.69, 9.17) is 11.6 Å². The van der Waals surface area contributed by atoms with E-state index in [0.29, 0.717) is 6.04 Å². The van der Waals surface area contributed by atoms with Crippen LogP contribution in [-0.2, 0) is 19.5 Å². The molecule has 0 amide bonds. The van der Waals surface area contributed by atoms with Gasteiger partial charge < -0.3 is 10.2 Å². The minimum Gasteiger partial charge on any atom is -0.308 e. The van der Waals surface area contributed by atoms with Gasteiger partial charge in [-0.05, 0) is 52.1 Å². The largest absolute Gasteiger partial charge is 0.308 e. The molecule has 2 aliphatic heterocycles. The van der Waals surface area contributed by atoms with Crippen molar-refractivity contribution in [2.45, 2.75) is 71.1 Å². The topological polar surface area (TPSA) is 33.1 Å². The fourth-order valence-electron chi connectivity index (χ4n) is 3.84. The summed E-state index contributed by atoms with van der Waals surface area (Å²) in [6.07, 6.45) is 6.21. The van der Waals surface area contributed by atoms with Crippen molar-refractivity contribution in [1.82, 2.24) is 20.0 Å². The van der Waals surface area contributed by atoms with Crippen molar-refractivity contribution in [2.24, 2.45) is 0 Å². The number of rotatable bonds is 5. The molecule has 1 N–H and O–H groups in total. The van der Waals surface area contributed by atoms with Gasteiger partial charge in [0.1, 0.15) is 0 Å². The monoisotopic (exact) mass is 310 g/mol. The number of hydrogen-bond acceptors (Lipinski definition) is 3. The van der Waals surface area contributed by atoms with E-state index < -0.39 is 0 Å². The van der Waals surface area contributed by atoms with Gasteiger partial charge in [-0.3, -0.25) is 4.68 Å². The van der Waals surface area contributed by atoms with Crippen molar-refractivity contribution >= 4 is 11.6 Å². The molecule has 1 aromatic rings. The number of piperidine rings is 1. The molecule has 2 unspecified atom stereocenters. The molecule has 2 atom stereocenters. The van der Waals surface area contributed by atoms with E-state index in [-0.39, 0.29) is 0 Å². The lowest BCUT2D eigenvalue weighted by molar-refractivity contribution is 0.166. The Morgan fingerprint density at radius 3 is 2.90 bits per heavy atom. The zero-order valence-corrected chi connectivity index (χ0v) is 14.0. The van der Waals surface area contributed by atoms with Gasteiger partial charge in [-0.1, -0.05) is 18.5 Å². The number of nitrogens with zero attached hydrogens (tertiary/aromatic N) is 3. The summed E-state index contributed by atoms with van der Waals surface area (Å²) in [5.74, 6) is 0. The Bertz CT molecular complexity index is 485. The van der Waals surface area contributed by atoms with Gasteiger partial charge in [-0.15, -0.1) is 0 Å². The highest BCUT2D eigenvalue weighted by Gasteiger charge is 2.31. The van der Waals surface area contributed by atoms with Gasteiger partial charge in [0, 0.05) is 25.2 Å². The first-order valence-electron chi connectivity index (χ1n) is 8.44. The molecule has 2 saturated heterocycles. The maximum atomic E-state index is 6.48. The maximum Gasteiger partial charge on any atom is 0.0863 e. The summed E-state index contributed by atoms with van der Waals surface area (Å²) in [6, 6.07) is 1.44. The van der Waals surface area contributed by atoms with Gasteiger partial charge in [0.15, 0.2) is 0 Å². The lowest BCUT2D eigenvalue weighted by Gasteiger charge is -2.35. The van der Waals surface area contributed by atoms with Gasteiger partial charge in [-0.25, -0.2) is 0 Å². The van der Waals surface area contributed by atoms with Crippen LogP contribution in [0.25, 0.3) is 0 Å². The normalized spacial score (nSPS) is 26.2. The van der Waals surface area contributed by atoms with Crippen LogP contribution < -0.4 is 5.32 Å². The van der Waals surface area contributed by atoms with Crippen molar-refractivity contribution in [3.63, 3.8) is 0 Å². The SMILES string of the molecule is CCc1nn(CC)c(CNC2CCN3CCCC3C2)c1Cl. The molecular weight excluding hydrogens is 284 g/mol. The molecule has 118 valence electrons. The van der Waals surface area contributed by atoms with Gasteiger partial charge in [0.05, 0.1) is 16.4 Å². The molecule has 0 saturated carbocycles. The Balaban J connectivity index is 1.61. The average Bonchev–Trinajstić information content (AvgIpc) is 3.08. The molecule has 0 bridgehead atoms. The Morgan fingerprint density at radius 2 is 2.14 bits per heavy atom. The fraction of sp³-hybridized carbons (Fsp3) is 0.812. The first kappa shape index (κ1) is 15.3. The number of fused-ring (bicyclic) bond motifs is 1. The summed E-state index contributed by atoms with van der Waals surface area (Å²) >= 11 is 6.48. The van der Waals surface area contributed by atoms with E-state index in [2.05, 4.69) is 33.8 Å². The van der Waals surface area contributed by atoms with Crippen LogP contribution in [0.15, 0.2) is 0 Å². The Kier molecular flexibility index (Phi) is 4.87. The smallest absolute Gasteiger partial charge is 0.0863 e. The molecule has 3 heterocycles. The Morgan fingerprint density at radius 1 is 1.29 bits per heavy atom. The first-order valence-corrected chi connectivity index (χ1v) is 8.82. The molecular formula is C16H27ClN4. The molecule has 21 heavy (non-hydrogen) atoms. The lowest BCUT2D eigenvalue weighted by atomic mass is 9.97. The summed E-state index contributed by atoms with van der Waals surface area (Å²) in [6.45, 7) is 8.54. The predicted molar refractivity (Wildman–Crippen MR) is 86.7 cm³/mol. The molecule has 0 radical (unpaired) electrons. The third-order valence-corrected chi connectivity index (χ3v) is 5.51. The standard InChI is InChI=1S/C16H27ClN4/c1-3-14-16(17)15(21(4-2)19-14)11-18-12-7-9-20-8-5-6-13(20)10-12/h12-13,18H,3-11H2,1-2H3. The zero-order chi connectivity index (χ0) is 14.8. The average molecular weight is 311 g/mol.